The average molecular weight is 216 g/mol. The molecule has 1 N–H and O–H groups in total. The van der Waals surface area contributed by atoms with E-state index in [2.05, 4.69) is 18.9 Å². The molecule has 2 aromatic rings. The summed E-state index contributed by atoms with van der Waals surface area (Å²) in [6, 6.07) is 7.61. The summed E-state index contributed by atoms with van der Waals surface area (Å²) in [6.45, 7) is 6.07. The van der Waals surface area contributed by atoms with Crippen LogP contribution in [0.4, 0.5) is 0 Å². The van der Waals surface area contributed by atoms with Gasteiger partial charge in [-0.25, -0.2) is 4.68 Å². The molecule has 84 valence electrons. The number of hydrogen-bond donors (Lipinski definition) is 1. The second-order valence-electron chi connectivity index (χ2n) is 4.30. The van der Waals surface area contributed by atoms with Crippen molar-refractivity contribution in [3.05, 3.63) is 41.7 Å². The first-order valence-electron chi connectivity index (χ1n) is 5.43. The van der Waals surface area contributed by atoms with Gasteiger partial charge in [0.2, 0.25) is 0 Å². The molecule has 0 unspecified atom stereocenters. The van der Waals surface area contributed by atoms with Gasteiger partial charge in [0.25, 0.3) is 0 Å². The lowest BCUT2D eigenvalue weighted by molar-refractivity contribution is 0.464. The van der Waals surface area contributed by atoms with Crippen LogP contribution in [0.5, 0.6) is 5.75 Å². The molecule has 0 amide bonds. The molecular weight excluding hydrogens is 200 g/mol. The van der Waals surface area contributed by atoms with E-state index in [4.69, 9.17) is 0 Å². The van der Waals surface area contributed by atoms with Gasteiger partial charge in [0, 0.05) is 12.3 Å². The van der Waals surface area contributed by atoms with Crippen LogP contribution >= 0.6 is 0 Å². The van der Waals surface area contributed by atoms with E-state index >= 15 is 0 Å². The summed E-state index contributed by atoms with van der Waals surface area (Å²) in [5.74, 6) is 0.661. The third kappa shape index (κ3) is 1.94. The van der Waals surface area contributed by atoms with Gasteiger partial charge < -0.3 is 5.11 Å². The minimum atomic E-state index is 0.327. The summed E-state index contributed by atoms with van der Waals surface area (Å²) >= 11 is 0. The SMILES string of the molecule is Cc1ccn(-c2ccc(C(C)C)c(O)c2)n1. The fourth-order valence-electron chi connectivity index (χ4n) is 1.72. The van der Waals surface area contributed by atoms with Crippen LogP contribution in [-0.2, 0) is 0 Å². The number of rotatable bonds is 2. The number of phenolic OH excluding ortho intramolecular Hbond substituents is 1. The van der Waals surface area contributed by atoms with Gasteiger partial charge in [-0.1, -0.05) is 19.9 Å². The van der Waals surface area contributed by atoms with E-state index in [9.17, 15) is 5.11 Å². The topological polar surface area (TPSA) is 38.0 Å². The van der Waals surface area contributed by atoms with Gasteiger partial charge in [0.1, 0.15) is 5.75 Å². The molecule has 0 spiro atoms. The third-order valence-corrected chi connectivity index (χ3v) is 2.62. The lowest BCUT2D eigenvalue weighted by Crippen LogP contribution is -1.96. The van der Waals surface area contributed by atoms with Crippen LogP contribution in [0.15, 0.2) is 30.5 Å². The second kappa shape index (κ2) is 4.00. The van der Waals surface area contributed by atoms with Crippen LogP contribution in [0.1, 0.15) is 31.0 Å². The Hall–Kier alpha value is -1.77. The summed E-state index contributed by atoms with van der Waals surface area (Å²) in [6.07, 6.45) is 1.89. The van der Waals surface area contributed by atoms with E-state index < -0.39 is 0 Å². The number of benzene rings is 1. The van der Waals surface area contributed by atoms with Crippen molar-refractivity contribution in [2.45, 2.75) is 26.7 Å². The van der Waals surface area contributed by atoms with E-state index in [0.29, 0.717) is 11.7 Å². The molecule has 2 rings (SSSR count). The van der Waals surface area contributed by atoms with Crippen molar-refractivity contribution < 1.29 is 5.11 Å². The maximum Gasteiger partial charge on any atom is 0.121 e. The van der Waals surface area contributed by atoms with Crippen LogP contribution in [0.25, 0.3) is 5.69 Å². The monoisotopic (exact) mass is 216 g/mol. The first-order valence-corrected chi connectivity index (χ1v) is 5.43. The summed E-state index contributed by atoms with van der Waals surface area (Å²) in [5.41, 5.74) is 2.81. The van der Waals surface area contributed by atoms with Crippen molar-refractivity contribution in [2.75, 3.05) is 0 Å². The number of aromatic nitrogens is 2. The summed E-state index contributed by atoms with van der Waals surface area (Å²) in [5, 5.41) is 14.2. The van der Waals surface area contributed by atoms with Crippen LogP contribution < -0.4 is 0 Å². The van der Waals surface area contributed by atoms with Gasteiger partial charge in [-0.2, -0.15) is 5.10 Å². The Bertz CT molecular complexity index is 500. The molecule has 3 nitrogen and oxygen atoms in total. The van der Waals surface area contributed by atoms with Gasteiger partial charge in [-0.05, 0) is 30.5 Å². The van der Waals surface area contributed by atoms with Gasteiger partial charge >= 0.3 is 0 Å². The van der Waals surface area contributed by atoms with Crippen molar-refractivity contribution in [2.24, 2.45) is 0 Å². The Morgan fingerprint density at radius 3 is 2.50 bits per heavy atom. The third-order valence-electron chi connectivity index (χ3n) is 2.62. The summed E-state index contributed by atoms with van der Waals surface area (Å²) in [4.78, 5) is 0. The fraction of sp³-hybridized carbons (Fsp3) is 0.308. The Balaban J connectivity index is 2.42. The van der Waals surface area contributed by atoms with Crippen molar-refractivity contribution in [3.63, 3.8) is 0 Å². The maximum atomic E-state index is 9.89. The summed E-state index contributed by atoms with van der Waals surface area (Å²) < 4.78 is 1.76. The number of hydrogen-bond acceptors (Lipinski definition) is 2. The normalized spacial score (nSPS) is 11.0. The first kappa shape index (κ1) is 10.7. The predicted octanol–water partition coefficient (Wildman–Crippen LogP) is 3.01. The molecule has 1 heterocycles. The highest BCUT2D eigenvalue weighted by Gasteiger charge is 2.07. The summed E-state index contributed by atoms with van der Waals surface area (Å²) in [7, 11) is 0. The van der Waals surface area contributed by atoms with Gasteiger partial charge in [-0.3, -0.25) is 0 Å². The molecule has 0 radical (unpaired) electrons. The van der Waals surface area contributed by atoms with Gasteiger partial charge in [0.05, 0.1) is 11.4 Å². The number of nitrogens with zero attached hydrogens (tertiary/aromatic N) is 2. The van der Waals surface area contributed by atoms with Crippen molar-refractivity contribution in [1.29, 1.82) is 0 Å². The van der Waals surface area contributed by atoms with Crippen LogP contribution in [0.3, 0.4) is 0 Å². The highest BCUT2D eigenvalue weighted by molar-refractivity contribution is 5.44. The zero-order valence-corrected chi connectivity index (χ0v) is 9.81. The van der Waals surface area contributed by atoms with E-state index in [1.807, 2.05) is 31.3 Å². The molecule has 1 aromatic carbocycles. The van der Waals surface area contributed by atoms with Gasteiger partial charge in [0.15, 0.2) is 0 Å². The van der Waals surface area contributed by atoms with Crippen LogP contribution in [-0.4, -0.2) is 14.9 Å². The Morgan fingerprint density at radius 1 is 1.25 bits per heavy atom. The second-order valence-corrected chi connectivity index (χ2v) is 4.30. The maximum absolute atomic E-state index is 9.89. The quantitative estimate of drug-likeness (QED) is 0.838. The number of phenols is 1. The highest BCUT2D eigenvalue weighted by Crippen LogP contribution is 2.27. The molecule has 0 aliphatic rings. The molecule has 3 heteroatoms. The molecule has 16 heavy (non-hydrogen) atoms. The zero-order chi connectivity index (χ0) is 11.7. The molecule has 0 aliphatic carbocycles. The molecule has 0 saturated carbocycles. The Morgan fingerprint density at radius 2 is 2.00 bits per heavy atom. The fourth-order valence-corrected chi connectivity index (χ4v) is 1.72. The van der Waals surface area contributed by atoms with Crippen molar-refractivity contribution >= 4 is 0 Å². The largest absolute Gasteiger partial charge is 0.508 e. The molecule has 1 aromatic heterocycles. The lowest BCUT2D eigenvalue weighted by atomic mass is 10.0. The zero-order valence-electron chi connectivity index (χ0n) is 9.81. The van der Waals surface area contributed by atoms with Crippen molar-refractivity contribution in [1.82, 2.24) is 9.78 Å². The Labute approximate surface area is 95.3 Å². The number of aromatic hydroxyl groups is 1. The molecule has 0 fully saturated rings. The molecular formula is C13H16N2O. The standard InChI is InChI=1S/C13H16N2O/c1-9(2)12-5-4-11(8-13(12)16)15-7-6-10(3)14-15/h4-9,16H,1-3H3. The Kier molecular flexibility index (Phi) is 2.69. The van der Waals surface area contributed by atoms with Crippen molar-refractivity contribution in [3.8, 4) is 11.4 Å². The molecule has 0 bridgehead atoms. The minimum absolute atomic E-state index is 0.327. The van der Waals surface area contributed by atoms with E-state index in [1.165, 1.54) is 0 Å². The van der Waals surface area contributed by atoms with E-state index in [0.717, 1.165) is 16.9 Å². The lowest BCUT2D eigenvalue weighted by Gasteiger charge is -2.10. The molecule has 0 aliphatic heterocycles. The first-order chi connectivity index (χ1) is 7.58. The van der Waals surface area contributed by atoms with E-state index in [1.54, 1.807) is 10.7 Å². The minimum Gasteiger partial charge on any atom is -0.508 e. The average Bonchev–Trinajstić information content (AvgIpc) is 2.64. The smallest absolute Gasteiger partial charge is 0.121 e. The molecule has 0 saturated heterocycles. The van der Waals surface area contributed by atoms with Gasteiger partial charge in [-0.15, -0.1) is 0 Å². The van der Waals surface area contributed by atoms with Crippen LogP contribution in [0, 0.1) is 6.92 Å². The predicted molar refractivity (Wildman–Crippen MR) is 64.1 cm³/mol. The highest BCUT2D eigenvalue weighted by atomic mass is 16.3. The number of aryl methyl sites for hydroxylation is 1. The molecule has 0 atom stereocenters. The van der Waals surface area contributed by atoms with Crippen LogP contribution in [0.2, 0.25) is 0 Å². The van der Waals surface area contributed by atoms with E-state index in [-0.39, 0.29) is 0 Å².